The molecule has 5 heteroatoms. The number of amides is 1. The third-order valence-electron chi connectivity index (χ3n) is 4.21. The quantitative estimate of drug-likeness (QED) is 0.774. The Morgan fingerprint density at radius 3 is 2.50 bits per heavy atom. The minimum atomic E-state index is -0.730. The van der Waals surface area contributed by atoms with E-state index in [1.54, 1.807) is 0 Å². The molecule has 1 rings (SSSR count). The lowest BCUT2D eigenvalue weighted by molar-refractivity contribution is -0.145. The van der Waals surface area contributed by atoms with Gasteiger partial charge in [0.2, 0.25) is 5.91 Å². The highest BCUT2D eigenvalue weighted by Crippen LogP contribution is 2.23. The Kier molecular flexibility index (Phi) is 6.99. The van der Waals surface area contributed by atoms with E-state index < -0.39 is 5.97 Å². The summed E-state index contributed by atoms with van der Waals surface area (Å²) in [6, 6.07) is -0.373. The highest BCUT2D eigenvalue weighted by atomic mass is 16.4. The number of aliphatic carboxylic acids is 1. The highest BCUT2D eigenvalue weighted by Gasteiger charge is 2.31. The maximum atomic E-state index is 11.9. The van der Waals surface area contributed by atoms with Crippen molar-refractivity contribution in [2.75, 3.05) is 26.2 Å². The average Bonchev–Trinajstić information content (AvgIpc) is 2.41. The zero-order valence-electron chi connectivity index (χ0n) is 13.0. The third kappa shape index (κ3) is 4.78. The number of carboxylic acid groups (broad SMARTS) is 1. The standard InChI is InChI=1S/C15H28N2O3/c1-4-16(5-2)14(18)7-6-9-17-10-8-12(3)11-13(17)15(19)20/h12-13H,4-11H2,1-3H3,(H,19,20). The molecule has 0 bridgehead atoms. The number of likely N-dealkylation sites (tertiary alicyclic amines) is 1. The van der Waals surface area contributed by atoms with Gasteiger partial charge in [0.15, 0.2) is 0 Å². The predicted molar refractivity (Wildman–Crippen MR) is 78.6 cm³/mol. The lowest BCUT2D eigenvalue weighted by Crippen LogP contribution is -2.47. The Morgan fingerprint density at radius 1 is 1.30 bits per heavy atom. The van der Waals surface area contributed by atoms with E-state index in [0.29, 0.717) is 18.9 Å². The summed E-state index contributed by atoms with van der Waals surface area (Å²) in [5.41, 5.74) is 0. The van der Waals surface area contributed by atoms with Crippen LogP contribution in [-0.2, 0) is 9.59 Å². The summed E-state index contributed by atoms with van der Waals surface area (Å²) in [6.07, 6.45) is 3.03. The first kappa shape index (κ1) is 17.0. The van der Waals surface area contributed by atoms with Crippen molar-refractivity contribution >= 4 is 11.9 Å². The molecule has 0 spiro atoms. The lowest BCUT2D eigenvalue weighted by atomic mass is 9.92. The fourth-order valence-electron chi connectivity index (χ4n) is 2.88. The van der Waals surface area contributed by atoms with Gasteiger partial charge < -0.3 is 10.0 Å². The molecule has 1 saturated heterocycles. The third-order valence-corrected chi connectivity index (χ3v) is 4.21. The molecule has 0 aliphatic carbocycles. The largest absolute Gasteiger partial charge is 0.480 e. The van der Waals surface area contributed by atoms with Crippen molar-refractivity contribution in [2.45, 2.75) is 52.5 Å². The number of carbonyl (C=O) groups excluding carboxylic acids is 1. The number of hydrogen-bond donors (Lipinski definition) is 1. The second kappa shape index (κ2) is 8.25. The summed E-state index contributed by atoms with van der Waals surface area (Å²) < 4.78 is 0. The molecule has 1 heterocycles. The monoisotopic (exact) mass is 284 g/mol. The van der Waals surface area contributed by atoms with Crippen LogP contribution in [0.4, 0.5) is 0 Å². The molecular formula is C15H28N2O3. The smallest absolute Gasteiger partial charge is 0.320 e. The summed E-state index contributed by atoms with van der Waals surface area (Å²) in [5.74, 6) is -0.0801. The summed E-state index contributed by atoms with van der Waals surface area (Å²) in [4.78, 5) is 27.0. The zero-order chi connectivity index (χ0) is 15.1. The minimum absolute atomic E-state index is 0.173. The topological polar surface area (TPSA) is 60.9 Å². The van der Waals surface area contributed by atoms with E-state index in [0.717, 1.165) is 38.9 Å². The van der Waals surface area contributed by atoms with E-state index >= 15 is 0 Å². The Morgan fingerprint density at radius 2 is 1.95 bits per heavy atom. The summed E-state index contributed by atoms with van der Waals surface area (Å²) in [6.45, 7) is 9.09. The van der Waals surface area contributed by atoms with Crippen LogP contribution in [0.2, 0.25) is 0 Å². The molecule has 116 valence electrons. The number of carboxylic acids is 1. The van der Waals surface area contributed by atoms with Gasteiger partial charge in [-0.3, -0.25) is 14.5 Å². The van der Waals surface area contributed by atoms with Crippen LogP contribution in [-0.4, -0.2) is 59.0 Å². The summed E-state index contributed by atoms with van der Waals surface area (Å²) >= 11 is 0. The minimum Gasteiger partial charge on any atom is -0.480 e. The zero-order valence-corrected chi connectivity index (χ0v) is 13.0. The second-order valence-electron chi connectivity index (χ2n) is 5.69. The molecule has 1 N–H and O–H groups in total. The van der Waals surface area contributed by atoms with Crippen molar-refractivity contribution in [1.82, 2.24) is 9.80 Å². The van der Waals surface area contributed by atoms with Crippen molar-refractivity contribution in [2.24, 2.45) is 5.92 Å². The average molecular weight is 284 g/mol. The van der Waals surface area contributed by atoms with Crippen LogP contribution < -0.4 is 0 Å². The van der Waals surface area contributed by atoms with E-state index in [-0.39, 0.29) is 11.9 Å². The van der Waals surface area contributed by atoms with Crippen LogP contribution in [0.5, 0.6) is 0 Å². The van der Waals surface area contributed by atoms with Gasteiger partial charge >= 0.3 is 5.97 Å². The Hall–Kier alpha value is -1.10. The van der Waals surface area contributed by atoms with Gasteiger partial charge in [-0.25, -0.2) is 0 Å². The van der Waals surface area contributed by atoms with Crippen molar-refractivity contribution in [3.05, 3.63) is 0 Å². The highest BCUT2D eigenvalue weighted by molar-refractivity contribution is 5.76. The second-order valence-corrected chi connectivity index (χ2v) is 5.69. The molecule has 0 aromatic carbocycles. The SMILES string of the molecule is CCN(CC)C(=O)CCCN1CCC(C)CC1C(=O)O. The lowest BCUT2D eigenvalue weighted by Gasteiger charge is -2.36. The van der Waals surface area contributed by atoms with E-state index in [1.165, 1.54) is 0 Å². The number of piperidine rings is 1. The van der Waals surface area contributed by atoms with E-state index in [4.69, 9.17) is 0 Å². The van der Waals surface area contributed by atoms with Gasteiger partial charge in [-0.2, -0.15) is 0 Å². The van der Waals surface area contributed by atoms with Crippen molar-refractivity contribution in [3.8, 4) is 0 Å². The van der Waals surface area contributed by atoms with Crippen LogP contribution in [0.1, 0.15) is 46.5 Å². The normalized spacial score (nSPS) is 23.6. The van der Waals surface area contributed by atoms with Gasteiger partial charge in [0.1, 0.15) is 6.04 Å². The molecule has 0 aromatic rings. The van der Waals surface area contributed by atoms with Gasteiger partial charge in [0, 0.05) is 19.5 Å². The van der Waals surface area contributed by atoms with Crippen LogP contribution in [0.25, 0.3) is 0 Å². The molecule has 0 radical (unpaired) electrons. The molecule has 0 aromatic heterocycles. The van der Waals surface area contributed by atoms with E-state index in [9.17, 15) is 14.7 Å². The maximum Gasteiger partial charge on any atom is 0.320 e. The summed E-state index contributed by atoms with van der Waals surface area (Å²) in [5, 5.41) is 9.28. The molecule has 1 aliphatic rings. The molecule has 0 saturated carbocycles. The molecule has 1 aliphatic heterocycles. The number of hydrogen-bond acceptors (Lipinski definition) is 3. The number of nitrogens with zero attached hydrogens (tertiary/aromatic N) is 2. The maximum absolute atomic E-state index is 11.9. The fraction of sp³-hybridized carbons (Fsp3) is 0.867. The molecular weight excluding hydrogens is 256 g/mol. The van der Waals surface area contributed by atoms with Crippen LogP contribution in [0.3, 0.4) is 0 Å². The molecule has 5 nitrogen and oxygen atoms in total. The molecule has 20 heavy (non-hydrogen) atoms. The first-order valence-corrected chi connectivity index (χ1v) is 7.74. The number of carbonyl (C=O) groups is 2. The fourth-order valence-corrected chi connectivity index (χ4v) is 2.88. The molecule has 1 fully saturated rings. The Labute approximate surface area is 121 Å². The van der Waals surface area contributed by atoms with Gasteiger partial charge in [0.05, 0.1) is 0 Å². The van der Waals surface area contributed by atoms with Gasteiger partial charge in [0.25, 0.3) is 0 Å². The van der Waals surface area contributed by atoms with Gasteiger partial charge in [-0.05, 0) is 52.1 Å². The predicted octanol–water partition coefficient (Wildman–Crippen LogP) is 1.82. The Bertz CT molecular complexity index is 329. The van der Waals surface area contributed by atoms with Crippen LogP contribution in [0, 0.1) is 5.92 Å². The van der Waals surface area contributed by atoms with Gasteiger partial charge in [-0.15, -0.1) is 0 Å². The van der Waals surface area contributed by atoms with Crippen molar-refractivity contribution < 1.29 is 14.7 Å². The summed E-state index contributed by atoms with van der Waals surface area (Å²) in [7, 11) is 0. The molecule has 2 unspecified atom stereocenters. The van der Waals surface area contributed by atoms with Crippen molar-refractivity contribution in [1.29, 1.82) is 0 Å². The number of rotatable bonds is 7. The van der Waals surface area contributed by atoms with E-state index in [1.807, 2.05) is 23.6 Å². The van der Waals surface area contributed by atoms with Crippen molar-refractivity contribution in [3.63, 3.8) is 0 Å². The van der Waals surface area contributed by atoms with Crippen LogP contribution in [0.15, 0.2) is 0 Å². The molecule has 2 atom stereocenters. The first-order chi connectivity index (χ1) is 9.49. The van der Waals surface area contributed by atoms with Crippen LogP contribution >= 0.6 is 0 Å². The van der Waals surface area contributed by atoms with E-state index in [2.05, 4.69) is 6.92 Å². The Balaban J connectivity index is 2.40. The first-order valence-electron chi connectivity index (χ1n) is 7.74. The van der Waals surface area contributed by atoms with Gasteiger partial charge in [-0.1, -0.05) is 6.92 Å². The molecule has 1 amide bonds.